The number of hydrogen-bond acceptors (Lipinski definition) is 1. The molecular weight excluding hydrogens is 126 g/mol. The van der Waals surface area contributed by atoms with E-state index in [1.165, 1.54) is 0 Å². The molecule has 0 aliphatic rings. The van der Waals surface area contributed by atoms with Gasteiger partial charge in [-0.2, -0.15) is 0 Å². The second-order valence-electron chi connectivity index (χ2n) is 1.32. The first-order valence-corrected chi connectivity index (χ1v) is 2.16. The van der Waals surface area contributed by atoms with E-state index in [-0.39, 0.29) is 12.4 Å². The van der Waals surface area contributed by atoms with E-state index in [1.54, 1.807) is 0 Å². The highest BCUT2D eigenvalue weighted by Crippen LogP contribution is 1.91. The summed E-state index contributed by atoms with van der Waals surface area (Å²) < 4.78 is 0. The van der Waals surface area contributed by atoms with Crippen molar-refractivity contribution in [3.8, 4) is 0 Å². The summed E-state index contributed by atoms with van der Waals surface area (Å²) in [5.41, 5.74) is 5.29. The molecule has 0 heterocycles. The van der Waals surface area contributed by atoms with Crippen LogP contribution in [-0.2, 0) is 4.79 Å². The summed E-state index contributed by atoms with van der Waals surface area (Å²) in [6, 6.07) is 0. The van der Waals surface area contributed by atoms with E-state index in [1.807, 2.05) is 6.92 Å². The van der Waals surface area contributed by atoms with Crippen molar-refractivity contribution < 1.29 is 4.79 Å². The topological polar surface area (TPSA) is 43.1 Å². The third-order valence-corrected chi connectivity index (χ3v) is 0.775. The van der Waals surface area contributed by atoms with Crippen molar-refractivity contribution in [1.29, 1.82) is 0 Å². The van der Waals surface area contributed by atoms with Crippen LogP contribution in [0.5, 0.6) is 0 Å². The van der Waals surface area contributed by atoms with Gasteiger partial charge in [-0.3, -0.25) is 4.79 Å². The van der Waals surface area contributed by atoms with Gasteiger partial charge in [0.2, 0.25) is 5.91 Å². The van der Waals surface area contributed by atoms with Gasteiger partial charge in [0.05, 0.1) is 0 Å². The molecule has 0 aromatic heterocycles. The second kappa shape index (κ2) is 4.65. The molecule has 0 aromatic rings. The van der Waals surface area contributed by atoms with E-state index in [0.29, 0.717) is 12.0 Å². The Balaban J connectivity index is 0. The number of nitrogens with two attached hydrogens (primary N) is 1. The number of primary amides is 1. The number of hydrogen-bond donors (Lipinski definition) is 1. The molecule has 0 saturated carbocycles. The lowest BCUT2D eigenvalue weighted by molar-refractivity contribution is -0.114. The van der Waals surface area contributed by atoms with Crippen LogP contribution >= 0.6 is 12.4 Å². The molecule has 0 rings (SSSR count). The molecule has 0 radical (unpaired) electrons. The maximum atomic E-state index is 10.1. The molecule has 8 heavy (non-hydrogen) atoms. The van der Waals surface area contributed by atoms with Crippen LogP contribution in [0.4, 0.5) is 0 Å². The Morgan fingerprint density at radius 1 is 1.75 bits per heavy atom. The van der Waals surface area contributed by atoms with Gasteiger partial charge in [0.15, 0.2) is 0 Å². The average molecular weight is 136 g/mol. The van der Waals surface area contributed by atoms with Gasteiger partial charge in [0.1, 0.15) is 0 Å². The Hall–Kier alpha value is -0.500. The largest absolute Gasteiger partial charge is 0.366 e. The lowest BCUT2D eigenvalue weighted by Crippen LogP contribution is -2.11. The summed E-state index contributed by atoms with van der Waals surface area (Å²) in [5.74, 6) is -0.400. The predicted octanol–water partition coefficient (Wildman–Crippen LogP) is 0.860. The van der Waals surface area contributed by atoms with Crippen molar-refractivity contribution in [2.75, 3.05) is 0 Å². The zero-order chi connectivity index (χ0) is 5.86. The number of halogens is 1. The maximum Gasteiger partial charge on any atom is 0.244 e. The Labute approximate surface area is 55.2 Å². The molecule has 0 atom stereocenters. The fourth-order valence-electron chi connectivity index (χ4n) is 0.174. The van der Waals surface area contributed by atoms with E-state index in [0.717, 1.165) is 0 Å². The number of carbonyl (C=O) groups excluding carboxylic acids is 1. The molecule has 0 aromatic carbocycles. The third-order valence-electron chi connectivity index (χ3n) is 0.775. The highest BCUT2D eigenvalue weighted by molar-refractivity contribution is 5.91. The van der Waals surface area contributed by atoms with Crippen LogP contribution in [0.1, 0.15) is 13.3 Å². The van der Waals surface area contributed by atoms with E-state index in [4.69, 9.17) is 5.73 Å². The smallest absolute Gasteiger partial charge is 0.244 e. The van der Waals surface area contributed by atoms with Gasteiger partial charge in [-0.1, -0.05) is 13.5 Å². The molecule has 2 N–H and O–H groups in total. The lowest BCUT2D eigenvalue weighted by Gasteiger charge is -1.89. The third kappa shape index (κ3) is 3.68. The highest BCUT2D eigenvalue weighted by atomic mass is 35.5. The predicted molar refractivity (Wildman–Crippen MR) is 35.9 cm³/mol. The van der Waals surface area contributed by atoms with Crippen molar-refractivity contribution in [3.05, 3.63) is 12.2 Å². The molecular formula is C5H10ClNO. The standard InChI is InChI=1S/C5H9NO.ClH/c1-3-4(2)5(6)7;/h2-3H2,1H3,(H2,6,7);1H. The quantitative estimate of drug-likeness (QED) is 0.561. The molecule has 0 bridgehead atoms. The van der Waals surface area contributed by atoms with Gasteiger partial charge in [-0.15, -0.1) is 12.4 Å². The Bertz CT molecular complexity index is 101. The Kier molecular flexibility index (Phi) is 6.09. The van der Waals surface area contributed by atoms with E-state index in [9.17, 15) is 4.79 Å². The summed E-state index contributed by atoms with van der Waals surface area (Å²) >= 11 is 0. The van der Waals surface area contributed by atoms with Crippen molar-refractivity contribution in [1.82, 2.24) is 0 Å². The first-order chi connectivity index (χ1) is 3.18. The summed E-state index contributed by atoms with van der Waals surface area (Å²) in [5, 5.41) is 0. The fraction of sp³-hybridized carbons (Fsp3) is 0.400. The minimum absolute atomic E-state index is 0. The summed E-state index contributed by atoms with van der Waals surface area (Å²) in [4.78, 5) is 10.1. The maximum absolute atomic E-state index is 10.1. The van der Waals surface area contributed by atoms with Crippen LogP contribution in [0.2, 0.25) is 0 Å². The fourth-order valence-corrected chi connectivity index (χ4v) is 0.174. The number of rotatable bonds is 2. The first kappa shape index (κ1) is 10.5. The minimum atomic E-state index is -0.400. The Morgan fingerprint density at radius 3 is 2.12 bits per heavy atom. The second-order valence-corrected chi connectivity index (χ2v) is 1.32. The van der Waals surface area contributed by atoms with E-state index >= 15 is 0 Å². The van der Waals surface area contributed by atoms with Crippen molar-refractivity contribution in [3.63, 3.8) is 0 Å². The van der Waals surface area contributed by atoms with Crippen LogP contribution in [0.3, 0.4) is 0 Å². The van der Waals surface area contributed by atoms with Gasteiger partial charge in [0, 0.05) is 5.57 Å². The molecule has 0 spiro atoms. The normalized spacial score (nSPS) is 7.12. The average Bonchev–Trinajstić information content (AvgIpc) is 1.65. The molecule has 3 heteroatoms. The summed E-state index contributed by atoms with van der Waals surface area (Å²) in [6.07, 6.45) is 0.648. The Morgan fingerprint density at radius 2 is 2.12 bits per heavy atom. The van der Waals surface area contributed by atoms with Gasteiger partial charge in [0.25, 0.3) is 0 Å². The number of amides is 1. The molecule has 1 amide bonds. The minimum Gasteiger partial charge on any atom is -0.366 e. The van der Waals surface area contributed by atoms with Crippen LogP contribution in [0, 0.1) is 0 Å². The molecule has 0 fully saturated rings. The number of carbonyl (C=O) groups is 1. The molecule has 0 aliphatic heterocycles. The zero-order valence-electron chi connectivity index (χ0n) is 4.81. The van der Waals surface area contributed by atoms with Crippen LogP contribution in [0.25, 0.3) is 0 Å². The SMILES string of the molecule is C=C(CC)C(N)=O.Cl. The molecule has 0 saturated heterocycles. The van der Waals surface area contributed by atoms with Gasteiger partial charge in [-0.25, -0.2) is 0 Å². The van der Waals surface area contributed by atoms with Gasteiger partial charge < -0.3 is 5.73 Å². The van der Waals surface area contributed by atoms with E-state index < -0.39 is 5.91 Å². The summed E-state index contributed by atoms with van der Waals surface area (Å²) in [7, 11) is 0. The van der Waals surface area contributed by atoms with Crippen LogP contribution in [0.15, 0.2) is 12.2 Å². The van der Waals surface area contributed by atoms with E-state index in [2.05, 4.69) is 6.58 Å². The molecule has 0 unspecified atom stereocenters. The van der Waals surface area contributed by atoms with Gasteiger partial charge >= 0.3 is 0 Å². The first-order valence-electron chi connectivity index (χ1n) is 2.16. The lowest BCUT2D eigenvalue weighted by atomic mass is 10.2. The monoisotopic (exact) mass is 135 g/mol. The molecule has 2 nitrogen and oxygen atoms in total. The van der Waals surface area contributed by atoms with Crippen molar-refractivity contribution in [2.45, 2.75) is 13.3 Å². The molecule has 0 aliphatic carbocycles. The van der Waals surface area contributed by atoms with Crippen LogP contribution in [-0.4, -0.2) is 5.91 Å². The van der Waals surface area contributed by atoms with Crippen molar-refractivity contribution >= 4 is 18.3 Å². The van der Waals surface area contributed by atoms with Gasteiger partial charge in [-0.05, 0) is 6.42 Å². The summed E-state index contributed by atoms with van der Waals surface area (Å²) in [6.45, 7) is 5.24. The zero-order valence-corrected chi connectivity index (χ0v) is 5.62. The van der Waals surface area contributed by atoms with Crippen LogP contribution < -0.4 is 5.73 Å². The highest BCUT2D eigenvalue weighted by Gasteiger charge is 1.93. The van der Waals surface area contributed by atoms with Crippen molar-refractivity contribution in [2.24, 2.45) is 5.73 Å². The molecule has 48 valence electrons.